The Balaban J connectivity index is 5.18. The molecule has 0 saturated carbocycles. The minimum absolute atomic E-state index is 0.832. The first-order chi connectivity index (χ1) is 19.1. The molecule has 0 bridgehead atoms. The van der Waals surface area contributed by atoms with Crippen LogP contribution in [0.2, 0.25) is 12.1 Å². The molecule has 0 spiro atoms. The van der Waals surface area contributed by atoms with Gasteiger partial charge in [0.25, 0.3) is 0 Å². The average molecular weight is 589 g/mol. The molecule has 0 saturated heterocycles. The van der Waals surface area contributed by atoms with Crippen molar-refractivity contribution in [1.29, 1.82) is 0 Å². The molecular formula is C33H72N2O2SSi. The summed E-state index contributed by atoms with van der Waals surface area (Å²) in [6, 6.07) is 2.25. The first-order valence-electron chi connectivity index (χ1n) is 17.4. The van der Waals surface area contributed by atoms with E-state index in [2.05, 4.69) is 57.0 Å². The van der Waals surface area contributed by atoms with Gasteiger partial charge >= 0.3 is 8.56 Å². The fourth-order valence-corrected chi connectivity index (χ4v) is 9.05. The fraction of sp³-hybridized carbons (Fsp3) is 1.00. The van der Waals surface area contributed by atoms with Crippen molar-refractivity contribution in [2.24, 2.45) is 0 Å². The van der Waals surface area contributed by atoms with Crippen LogP contribution in [0.1, 0.15) is 144 Å². The monoisotopic (exact) mass is 589 g/mol. The lowest BCUT2D eigenvalue weighted by atomic mass is 10.1. The Bertz CT molecular complexity index is 445. The predicted molar refractivity (Wildman–Crippen MR) is 181 cm³/mol. The third-order valence-corrected chi connectivity index (χ3v) is 12.0. The number of unbranched alkanes of at least 4 members (excludes halogenated alkanes) is 11. The van der Waals surface area contributed by atoms with Crippen LogP contribution in [0.3, 0.4) is 0 Å². The van der Waals surface area contributed by atoms with Crippen LogP contribution in [-0.4, -0.2) is 76.6 Å². The van der Waals surface area contributed by atoms with Crippen LogP contribution < -0.4 is 0 Å². The largest absolute Gasteiger partial charge is 0.393 e. The highest BCUT2D eigenvalue weighted by molar-refractivity contribution is 7.80. The number of nitrogens with zero attached hydrogens (tertiary/aromatic N) is 2. The van der Waals surface area contributed by atoms with E-state index >= 15 is 0 Å². The molecule has 6 heteroatoms. The Morgan fingerprint density at radius 2 is 0.795 bits per heavy atom. The van der Waals surface area contributed by atoms with Crippen molar-refractivity contribution < 1.29 is 8.85 Å². The fourth-order valence-electron chi connectivity index (χ4n) is 5.25. The first kappa shape index (κ1) is 39.4. The van der Waals surface area contributed by atoms with Gasteiger partial charge in [0, 0.05) is 26.3 Å². The Kier molecular flexibility index (Phi) is 30.2. The Morgan fingerprint density at radius 1 is 0.436 bits per heavy atom. The summed E-state index contributed by atoms with van der Waals surface area (Å²) in [5.74, 6) is 0.928. The molecule has 236 valence electrons. The van der Waals surface area contributed by atoms with Gasteiger partial charge in [-0.05, 0) is 76.1 Å². The Morgan fingerprint density at radius 3 is 1.18 bits per heavy atom. The van der Waals surface area contributed by atoms with Gasteiger partial charge in [-0.2, -0.15) is 12.6 Å². The van der Waals surface area contributed by atoms with Gasteiger partial charge in [0.1, 0.15) is 0 Å². The second-order valence-electron chi connectivity index (χ2n) is 11.8. The van der Waals surface area contributed by atoms with E-state index in [0.29, 0.717) is 0 Å². The zero-order valence-corrected chi connectivity index (χ0v) is 29.4. The van der Waals surface area contributed by atoms with Gasteiger partial charge in [-0.25, -0.2) is 0 Å². The van der Waals surface area contributed by atoms with Gasteiger partial charge in [0.05, 0.1) is 0 Å². The smallest absolute Gasteiger partial charge is 0.338 e. The number of thiol groups is 1. The summed E-state index contributed by atoms with van der Waals surface area (Å²) in [5, 5.41) is 0. The molecule has 0 aliphatic heterocycles. The SMILES string of the molecule is CCCCCCCCCC[Si](CCCS)(OCCN(CCCC)CCCC)OCCN(CCCC)CCCC. The number of hydrogen-bond acceptors (Lipinski definition) is 5. The van der Waals surface area contributed by atoms with Crippen molar-refractivity contribution in [3.05, 3.63) is 0 Å². The summed E-state index contributed by atoms with van der Waals surface area (Å²) in [6.45, 7) is 20.1. The molecule has 0 aromatic rings. The maximum Gasteiger partial charge on any atom is 0.338 e. The molecule has 0 heterocycles. The molecule has 0 unspecified atom stereocenters. The van der Waals surface area contributed by atoms with Crippen LogP contribution in [0.5, 0.6) is 0 Å². The Labute approximate surface area is 253 Å². The van der Waals surface area contributed by atoms with Crippen molar-refractivity contribution in [3.63, 3.8) is 0 Å². The number of hydrogen-bond donors (Lipinski definition) is 1. The molecule has 4 nitrogen and oxygen atoms in total. The van der Waals surface area contributed by atoms with E-state index in [0.717, 1.165) is 50.6 Å². The molecule has 0 rings (SSSR count). The van der Waals surface area contributed by atoms with Crippen LogP contribution in [0.15, 0.2) is 0 Å². The predicted octanol–water partition coefficient (Wildman–Crippen LogP) is 9.73. The van der Waals surface area contributed by atoms with E-state index in [9.17, 15) is 0 Å². The summed E-state index contributed by atoms with van der Waals surface area (Å²) in [4.78, 5) is 5.27. The highest BCUT2D eigenvalue weighted by Crippen LogP contribution is 2.26. The minimum Gasteiger partial charge on any atom is -0.393 e. The lowest BCUT2D eigenvalue weighted by molar-refractivity contribution is 0.123. The lowest BCUT2D eigenvalue weighted by Gasteiger charge is -2.33. The zero-order chi connectivity index (χ0) is 28.9. The van der Waals surface area contributed by atoms with Crippen LogP contribution in [-0.2, 0) is 8.85 Å². The summed E-state index contributed by atoms with van der Waals surface area (Å²) >= 11 is 4.59. The van der Waals surface area contributed by atoms with E-state index < -0.39 is 8.56 Å². The molecule has 0 N–H and O–H groups in total. The van der Waals surface area contributed by atoms with Gasteiger partial charge in [-0.15, -0.1) is 0 Å². The molecule has 0 aliphatic rings. The second kappa shape index (κ2) is 29.9. The maximum absolute atomic E-state index is 6.95. The van der Waals surface area contributed by atoms with E-state index in [4.69, 9.17) is 8.85 Å². The summed E-state index contributed by atoms with van der Waals surface area (Å²) in [6.07, 6.45) is 22.2. The molecule has 0 aliphatic carbocycles. The lowest BCUT2D eigenvalue weighted by Crippen LogP contribution is -2.46. The Hall–Kier alpha value is 0.407. The highest BCUT2D eigenvalue weighted by Gasteiger charge is 2.36. The zero-order valence-electron chi connectivity index (χ0n) is 27.5. The molecule has 0 atom stereocenters. The van der Waals surface area contributed by atoms with E-state index in [1.54, 1.807) is 0 Å². The van der Waals surface area contributed by atoms with E-state index in [1.807, 2.05) is 0 Å². The van der Waals surface area contributed by atoms with Crippen molar-refractivity contribution in [1.82, 2.24) is 9.80 Å². The van der Waals surface area contributed by atoms with Crippen molar-refractivity contribution in [2.45, 2.75) is 156 Å². The summed E-state index contributed by atoms with van der Waals surface area (Å²) in [7, 11) is -2.26. The van der Waals surface area contributed by atoms with Gasteiger partial charge in [0.15, 0.2) is 0 Å². The summed E-state index contributed by atoms with van der Waals surface area (Å²) in [5.41, 5.74) is 0. The molecule has 0 amide bonds. The molecule has 0 radical (unpaired) electrons. The third-order valence-electron chi connectivity index (χ3n) is 7.98. The van der Waals surface area contributed by atoms with Crippen molar-refractivity contribution in [2.75, 3.05) is 58.2 Å². The minimum atomic E-state index is -2.26. The van der Waals surface area contributed by atoms with Gasteiger partial charge in [-0.1, -0.05) is 112 Å². The third kappa shape index (κ3) is 23.6. The number of rotatable bonds is 32. The first-order valence-corrected chi connectivity index (χ1v) is 20.3. The molecule has 0 aromatic carbocycles. The van der Waals surface area contributed by atoms with E-state index in [-0.39, 0.29) is 0 Å². The highest BCUT2D eigenvalue weighted by atomic mass is 32.1. The van der Waals surface area contributed by atoms with Crippen LogP contribution in [0, 0.1) is 0 Å². The van der Waals surface area contributed by atoms with E-state index in [1.165, 1.54) is 129 Å². The normalized spacial score (nSPS) is 12.3. The van der Waals surface area contributed by atoms with Crippen LogP contribution in [0.25, 0.3) is 0 Å². The van der Waals surface area contributed by atoms with Gasteiger partial charge < -0.3 is 18.7 Å². The summed E-state index contributed by atoms with van der Waals surface area (Å²) < 4.78 is 13.9. The maximum atomic E-state index is 6.95. The molecule has 39 heavy (non-hydrogen) atoms. The van der Waals surface area contributed by atoms with Gasteiger partial charge in [-0.3, -0.25) is 0 Å². The topological polar surface area (TPSA) is 24.9 Å². The molecule has 0 aromatic heterocycles. The standard InChI is InChI=1S/C33H72N2O2SSi/c1-6-11-16-17-18-19-20-21-32-39(33-22-31-38,36-29-27-34(23-12-7-2)24-13-8-3)37-30-28-35(25-14-9-4)26-15-10-5/h38H,6-33H2,1-5H3. The average Bonchev–Trinajstić information content (AvgIpc) is 2.95. The molecular weight excluding hydrogens is 517 g/mol. The molecule has 0 fully saturated rings. The van der Waals surface area contributed by atoms with Crippen molar-refractivity contribution in [3.8, 4) is 0 Å². The van der Waals surface area contributed by atoms with Crippen molar-refractivity contribution >= 4 is 21.2 Å². The van der Waals surface area contributed by atoms with Crippen LogP contribution >= 0.6 is 12.6 Å². The second-order valence-corrected chi connectivity index (χ2v) is 15.6. The quantitative estimate of drug-likeness (QED) is 0.0480. The van der Waals surface area contributed by atoms with Crippen LogP contribution in [0.4, 0.5) is 0 Å². The van der Waals surface area contributed by atoms with Gasteiger partial charge in [0.2, 0.25) is 0 Å².